The number of hydroxylamine groups is 1. The molecule has 0 spiro atoms. The molecule has 0 radical (unpaired) electrons. The molecule has 2 aliphatic heterocycles. The highest BCUT2D eigenvalue weighted by Gasteiger charge is 2.44. The zero-order valence-electron chi connectivity index (χ0n) is 26.4. The lowest BCUT2D eigenvalue weighted by Crippen LogP contribution is -2.46. The van der Waals surface area contributed by atoms with Gasteiger partial charge in [-0.05, 0) is 68.1 Å². The Morgan fingerprint density at radius 2 is 1.58 bits per heavy atom. The Labute approximate surface area is 280 Å². The largest absolute Gasteiger partial charge is 0.493 e. The fourth-order valence-corrected chi connectivity index (χ4v) is 5.48. The van der Waals surface area contributed by atoms with Crippen LogP contribution in [0.3, 0.4) is 0 Å². The van der Waals surface area contributed by atoms with Gasteiger partial charge in [-0.2, -0.15) is 18.2 Å². The number of hydrogen-bond acceptors (Lipinski definition) is 8. The summed E-state index contributed by atoms with van der Waals surface area (Å²) < 4.78 is 83.6. The maximum atomic E-state index is 15.1. The number of nitrogens with zero attached hydrogens (tertiary/aromatic N) is 6. The Bertz CT molecular complexity index is 1960. The minimum absolute atomic E-state index is 0.0950. The number of aromatic nitrogens is 2. The summed E-state index contributed by atoms with van der Waals surface area (Å²) in [6, 6.07) is 9.92. The van der Waals surface area contributed by atoms with Gasteiger partial charge < -0.3 is 20.0 Å². The molecule has 0 saturated carbocycles. The molecule has 1 saturated heterocycles. The predicted molar refractivity (Wildman–Crippen MR) is 168 cm³/mol. The Balaban J connectivity index is 1.51. The molecule has 1 fully saturated rings. The first kappa shape index (κ1) is 34.2. The molecule has 3 heterocycles. The Hall–Kier alpha value is -5.71. The van der Waals surface area contributed by atoms with Crippen LogP contribution in [0.15, 0.2) is 60.7 Å². The van der Waals surface area contributed by atoms with Gasteiger partial charge in [-0.15, -0.1) is 5.06 Å². The van der Waals surface area contributed by atoms with Gasteiger partial charge >= 0.3 is 18.2 Å². The van der Waals surface area contributed by atoms with Crippen LogP contribution in [0.5, 0.6) is 0 Å². The first-order chi connectivity index (χ1) is 23.7. The molecule has 3 aromatic carbocycles. The molecule has 0 aliphatic carbocycles. The van der Waals surface area contributed by atoms with E-state index in [1.54, 1.807) is 6.92 Å². The number of alkyl halides is 3. The van der Waals surface area contributed by atoms with Crippen molar-refractivity contribution in [3.63, 3.8) is 0 Å². The van der Waals surface area contributed by atoms with Crippen molar-refractivity contribution in [1.29, 1.82) is 0 Å². The molecule has 0 bridgehead atoms. The van der Waals surface area contributed by atoms with E-state index in [-0.39, 0.29) is 51.4 Å². The van der Waals surface area contributed by atoms with E-state index in [4.69, 9.17) is 4.98 Å². The number of amides is 3. The summed E-state index contributed by atoms with van der Waals surface area (Å²) in [7, 11) is 1.93. The quantitative estimate of drug-likeness (QED) is 0.210. The average molecular weight is 700 g/mol. The average Bonchev–Trinajstić information content (AvgIpc) is 3.07. The van der Waals surface area contributed by atoms with Gasteiger partial charge in [0.15, 0.2) is 5.82 Å². The fourth-order valence-electron chi connectivity index (χ4n) is 5.48. The molecule has 1 N–H and O–H groups in total. The van der Waals surface area contributed by atoms with Gasteiger partial charge in [0.2, 0.25) is 5.95 Å². The fraction of sp³-hybridized carbons (Fsp3) is 0.242. The number of urea groups is 1. The van der Waals surface area contributed by atoms with E-state index in [9.17, 15) is 31.9 Å². The van der Waals surface area contributed by atoms with Crippen LogP contribution in [0.25, 0.3) is 11.3 Å². The van der Waals surface area contributed by atoms with Crippen molar-refractivity contribution in [2.24, 2.45) is 0 Å². The van der Waals surface area contributed by atoms with Crippen molar-refractivity contribution >= 4 is 41.0 Å². The SMILES string of the molecule is Cc1ccc(C(=O)N(OC(=O)C(F)(F)F)c2ccc(F)cc2)cc1-c1nc(N2CCN(C)CC2)nc2c1CNC(=O)N2c1c(F)cccc1F. The maximum Gasteiger partial charge on any atom is 0.493 e. The van der Waals surface area contributed by atoms with Crippen LogP contribution in [-0.2, 0) is 16.2 Å². The van der Waals surface area contributed by atoms with E-state index in [0.717, 1.165) is 47.4 Å². The number of benzene rings is 3. The van der Waals surface area contributed by atoms with Gasteiger partial charge in [0.1, 0.15) is 23.1 Å². The molecule has 3 amide bonds. The maximum absolute atomic E-state index is 15.1. The lowest BCUT2D eigenvalue weighted by atomic mass is 9.97. The first-order valence-corrected chi connectivity index (χ1v) is 15.1. The molecule has 17 heteroatoms. The van der Waals surface area contributed by atoms with Gasteiger partial charge in [-0.1, -0.05) is 12.1 Å². The van der Waals surface area contributed by atoms with Crippen molar-refractivity contribution in [2.45, 2.75) is 19.6 Å². The van der Waals surface area contributed by atoms with Crippen molar-refractivity contribution in [1.82, 2.24) is 20.2 Å². The molecule has 11 nitrogen and oxygen atoms in total. The lowest BCUT2D eigenvalue weighted by Gasteiger charge is -2.35. The summed E-state index contributed by atoms with van der Waals surface area (Å²) in [5, 5.41) is 2.67. The molecule has 50 heavy (non-hydrogen) atoms. The number of nitrogens with one attached hydrogen (secondary N) is 1. The number of likely N-dealkylation sites (N-methyl/N-ethyl adjacent to an activating group) is 1. The second-order valence-electron chi connectivity index (χ2n) is 11.5. The third kappa shape index (κ3) is 6.63. The molecule has 2 aliphatic rings. The Morgan fingerprint density at radius 3 is 2.22 bits per heavy atom. The topological polar surface area (TPSA) is 111 Å². The molecule has 0 unspecified atom stereocenters. The third-order valence-electron chi connectivity index (χ3n) is 8.14. The number of para-hydroxylation sites is 1. The van der Waals surface area contributed by atoms with E-state index in [2.05, 4.69) is 20.0 Å². The molecule has 6 rings (SSSR count). The number of piperazine rings is 1. The number of hydrogen-bond donors (Lipinski definition) is 1. The second kappa shape index (κ2) is 13.3. The van der Waals surface area contributed by atoms with E-state index in [1.807, 2.05) is 11.9 Å². The van der Waals surface area contributed by atoms with Crippen molar-refractivity contribution in [3.05, 3.63) is 94.8 Å². The summed E-state index contributed by atoms with van der Waals surface area (Å²) in [5.74, 6) is -6.76. The van der Waals surface area contributed by atoms with Crippen molar-refractivity contribution in [3.8, 4) is 11.3 Å². The Kier molecular flexibility index (Phi) is 9.09. The molecule has 4 aromatic rings. The predicted octanol–water partition coefficient (Wildman–Crippen LogP) is 5.65. The third-order valence-corrected chi connectivity index (χ3v) is 8.14. The molecular formula is C33H27F6N7O4. The van der Waals surface area contributed by atoms with Crippen LogP contribution in [-0.4, -0.2) is 72.2 Å². The smallest absolute Gasteiger partial charge is 0.338 e. The van der Waals surface area contributed by atoms with Crippen LogP contribution in [0.1, 0.15) is 21.5 Å². The summed E-state index contributed by atoms with van der Waals surface area (Å²) in [6.07, 6.45) is -5.47. The van der Waals surface area contributed by atoms with E-state index >= 15 is 8.78 Å². The van der Waals surface area contributed by atoms with Gasteiger partial charge in [-0.25, -0.2) is 32.6 Å². The van der Waals surface area contributed by atoms with Gasteiger partial charge in [0, 0.05) is 42.9 Å². The number of carbonyl (C=O) groups excluding carboxylic acids is 3. The molecule has 1 aromatic heterocycles. The standard InChI is InChI=1S/C33H27F6N7O4/c1-18-6-7-19(29(47)46(50-30(48)33(37,38)39)21-10-8-20(34)9-11-21)16-22(18)26-23-17-40-32(49)45(27-24(35)4-3-5-25(27)36)28(23)42-31(41-26)44-14-12-43(2)13-15-44/h3-11,16H,12-15,17H2,1-2H3,(H,40,49). The number of fused-ring (bicyclic) bond motifs is 1. The number of halogens is 6. The Morgan fingerprint density at radius 1 is 0.920 bits per heavy atom. The number of aryl methyl sites for hydroxylation is 1. The van der Waals surface area contributed by atoms with Gasteiger partial charge in [0.05, 0.1) is 17.9 Å². The van der Waals surface area contributed by atoms with E-state index in [1.165, 1.54) is 18.2 Å². The summed E-state index contributed by atoms with van der Waals surface area (Å²) in [6.45, 7) is 3.64. The van der Waals surface area contributed by atoms with Crippen LogP contribution in [0.4, 0.5) is 54.3 Å². The van der Waals surface area contributed by atoms with Gasteiger partial charge in [0.25, 0.3) is 5.91 Å². The molecule has 260 valence electrons. The molecular weight excluding hydrogens is 672 g/mol. The summed E-state index contributed by atoms with van der Waals surface area (Å²) in [5.41, 5.74) is -0.199. The highest BCUT2D eigenvalue weighted by molar-refractivity contribution is 6.07. The zero-order chi connectivity index (χ0) is 35.9. The van der Waals surface area contributed by atoms with E-state index in [0.29, 0.717) is 31.7 Å². The number of carbonyl (C=O) groups is 3. The summed E-state index contributed by atoms with van der Waals surface area (Å²) in [4.78, 5) is 57.4. The van der Waals surface area contributed by atoms with Crippen molar-refractivity contribution in [2.75, 3.05) is 48.1 Å². The highest BCUT2D eigenvalue weighted by atomic mass is 19.4. The highest BCUT2D eigenvalue weighted by Crippen LogP contribution is 2.40. The minimum Gasteiger partial charge on any atom is -0.338 e. The van der Waals surface area contributed by atoms with Crippen molar-refractivity contribution < 1.29 is 45.6 Å². The lowest BCUT2D eigenvalue weighted by molar-refractivity contribution is -0.199. The van der Waals surface area contributed by atoms with Gasteiger partial charge in [-0.3, -0.25) is 4.79 Å². The monoisotopic (exact) mass is 699 g/mol. The minimum atomic E-state index is -5.47. The second-order valence-corrected chi connectivity index (χ2v) is 11.5. The molecule has 0 atom stereocenters. The zero-order valence-corrected chi connectivity index (χ0v) is 26.4. The van der Waals surface area contributed by atoms with Crippen LogP contribution in [0.2, 0.25) is 0 Å². The summed E-state index contributed by atoms with van der Waals surface area (Å²) >= 11 is 0. The van der Waals surface area contributed by atoms with Crippen LogP contribution >= 0.6 is 0 Å². The number of rotatable bonds is 5. The van der Waals surface area contributed by atoms with Crippen LogP contribution in [0, 0.1) is 24.4 Å². The van der Waals surface area contributed by atoms with Crippen LogP contribution < -0.4 is 20.2 Å². The normalized spacial score (nSPS) is 15.0. The number of anilines is 4. The first-order valence-electron chi connectivity index (χ1n) is 15.1. The van der Waals surface area contributed by atoms with E-state index < -0.39 is 47.2 Å².